The molecule has 8 heteroatoms. The third-order valence-electron chi connectivity index (χ3n) is 2.26. The van der Waals surface area contributed by atoms with Gasteiger partial charge in [-0.2, -0.15) is 0 Å². The quantitative estimate of drug-likeness (QED) is 0.644. The molecule has 0 atom stereocenters. The van der Waals surface area contributed by atoms with Gasteiger partial charge in [-0.1, -0.05) is 15.9 Å². The number of anilines is 1. The number of hydrogen-bond donors (Lipinski definition) is 4. The van der Waals surface area contributed by atoms with Crippen LogP contribution < -0.4 is 16.0 Å². The van der Waals surface area contributed by atoms with Gasteiger partial charge < -0.3 is 21.1 Å². The Hall–Kier alpha value is -2.09. The number of halogens is 1. The van der Waals surface area contributed by atoms with Crippen LogP contribution in [0.3, 0.4) is 0 Å². The Bertz CT molecular complexity index is 560. The number of carboxylic acids is 1. The summed E-state index contributed by atoms with van der Waals surface area (Å²) in [6.45, 7) is 3.46. The SMILES string of the molecule is CC(C)NC(=O)CNC(=O)Nc1cc(Br)cc(C(=O)O)c1. The molecule has 114 valence electrons. The zero-order valence-electron chi connectivity index (χ0n) is 11.6. The van der Waals surface area contributed by atoms with Crippen molar-refractivity contribution < 1.29 is 19.5 Å². The first-order chi connectivity index (χ1) is 9.77. The van der Waals surface area contributed by atoms with Gasteiger partial charge in [0.05, 0.1) is 12.1 Å². The van der Waals surface area contributed by atoms with E-state index in [1.165, 1.54) is 12.1 Å². The Morgan fingerprint density at radius 3 is 2.48 bits per heavy atom. The minimum Gasteiger partial charge on any atom is -0.478 e. The molecule has 4 N–H and O–H groups in total. The van der Waals surface area contributed by atoms with E-state index in [0.717, 1.165) is 0 Å². The van der Waals surface area contributed by atoms with Crippen molar-refractivity contribution in [2.24, 2.45) is 0 Å². The largest absolute Gasteiger partial charge is 0.478 e. The summed E-state index contributed by atoms with van der Waals surface area (Å²) in [6, 6.07) is 3.69. The fourth-order valence-electron chi connectivity index (χ4n) is 1.49. The summed E-state index contributed by atoms with van der Waals surface area (Å²) in [7, 11) is 0. The Labute approximate surface area is 130 Å². The predicted octanol–water partition coefficient (Wildman–Crippen LogP) is 1.79. The lowest BCUT2D eigenvalue weighted by Gasteiger charge is -2.10. The number of urea groups is 1. The van der Waals surface area contributed by atoms with Crippen LogP contribution in [-0.2, 0) is 4.79 Å². The molecule has 0 heterocycles. The Balaban J connectivity index is 2.59. The zero-order valence-corrected chi connectivity index (χ0v) is 13.2. The fourth-order valence-corrected chi connectivity index (χ4v) is 1.99. The minimum absolute atomic E-state index is 0.00874. The Morgan fingerprint density at radius 2 is 1.90 bits per heavy atom. The second kappa shape index (κ2) is 7.63. The van der Waals surface area contributed by atoms with Crippen LogP contribution in [-0.4, -0.2) is 35.6 Å². The molecule has 21 heavy (non-hydrogen) atoms. The molecule has 0 unspecified atom stereocenters. The molecule has 0 aliphatic carbocycles. The molecule has 0 bridgehead atoms. The van der Waals surface area contributed by atoms with Crippen LogP contribution in [0.15, 0.2) is 22.7 Å². The number of nitrogens with one attached hydrogen (secondary N) is 3. The van der Waals surface area contributed by atoms with Crippen molar-refractivity contribution in [3.05, 3.63) is 28.2 Å². The summed E-state index contributed by atoms with van der Waals surface area (Å²) in [4.78, 5) is 33.9. The van der Waals surface area contributed by atoms with Crippen molar-refractivity contribution in [3.63, 3.8) is 0 Å². The molecule has 0 aliphatic heterocycles. The number of carbonyl (C=O) groups excluding carboxylic acids is 2. The van der Waals surface area contributed by atoms with Crippen LogP contribution in [0.2, 0.25) is 0 Å². The second-order valence-corrected chi connectivity index (χ2v) is 5.48. The number of hydrogen-bond acceptors (Lipinski definition) is 3. The van der Waals surface area contributed by atoms with E-state index in [0.29, 0.717) is 10.2 Å². The first-order valence-corrected chi connectivity index (χ1v) is 6.95. The van der Waals surface area contributed by atoms with E-state index in [2.05, 4.69) is 31.9 Å². The lowest BCUT2D eigenvalue weighted by atomic mass is 10.2. The summed E-state index contributed by atoms with van der Waals surface area (Å²) in [6.07, 6.45) is 0. The number of carbonyl (C=O) groups is 3. The minimum atomic E-state index is -1.10. The van der Waals surface area contributed by atoms with Gasteiger partial charge in [0.2, 0.25) is 5.91 Å². The average Bonchev–Trinajstić information content (AvgIpc) is 2.34. The smallest absolute Gasteiger partial charge is 0.335 e. The third-order valence-corrected chi connectivity index (χ3v) is 2.72. The first-order valence-electron chi connectivity index (χ1n) is 6.16. The van der Waals surface area contributed by atoms with Gasteiger partial charge in [-0.25, -0.2) is 9.59 Å². The van der Waals surface area contributed by atoms with Crippen molar-refractivity contribution in [1.82, 2.24) is 10.6 Å². The van der Waals surface area contributed by atoms with Crippen LogP contribution in [0, 0.1) is 0 Å². The van der Waals surface area contributed by atoms with Crippen molar-refractivity contribution >= 4 is 39.5 Å². The van der Waals surface area contributed by atoms with E-state index in [1.54, 1.807) is 6.07 Å². The summed E-state index contributed by atoms with van der Waals surface area (Å²) < 4.78 is 0.523. The molecular weight excluding hydrogens is 342 g/mol. The summed E-state index contributed by atoms with van der Waals surface area (Å²) in [5.41, 5.74) is 0.348. The molecule has 0 spiro atoms. The summed E-state index contributed by atoms with van der Waals surface area (Å²) in [5.74, 6) is -1.41. The van der Waals surface area contributed by atoms with Crippen LogP contribution >= 0.6 is 15.9 Å². The maximum absolute atomic E-state index is 11.6. The topological polar surface area (TPSA) is 108 Å². The fraction of sp³-hybridized carbons (Fsp3) is 0.308. The highest BCUT2D eigenvalue weighted by Gasteiger charge is 2.09. The van der Waals surface area contributed by atoms with Gasteiger partial charge in [-0.3, -0.25) is 4.79 Å². The molecule has 0 saturated heterocycles. The number of amides is 3. The number of aromatic carboxylic acids is 1. The second-order valence-electron chi connectivity index (χ2n) is 4.56. The van der Waals surface area contributed by atoms with E-state index < -0.39 is 12.0 Å². The maximum Gasteiger partial charge on any atom is 0.335 e. The zero-order chi connectivity index (χ0) is 16.0. The van der Waals surface area contributed by atoms with Crippen molar-refractivity contribution in [1.29, 1.82) is 0 Å². The Kier molecular flexibility index (Phi) is 6.16. The highest BCUT2D eigenvalue weighted by molar-refractivity contribution is 9.10. The van der Waals surface area contributed by atoms with E-state index in [1.807, 2.05) is 13.8 Å². The van der Waals surface area contributed by atoms with Crippen LogP contribution in [0.5, 0.6) is 0 Å². The number of carboxylic acid groups (broad SMARTS) is 1. The number of benzene rings is 1. The third kappa shape index (κ3) is 6.26. The van der Waals surface area contributed by atoms with Crippen LogP contribution in [0.1, 0.15) is 24.2 Å². The molecule has 0 aromatic heterocycles. The van der Waals surface area contributed by atoms with Gasteiger partial charge in [-0.05, 0) is 32.0 Å². The summed E-state index contributed by atoms with van der Waals surface area (Å²) >= 11 is 3.16. The molecule has 0 saturated carbocycles. The molecule has 1 aromatic rings. The maximum atomic E-state index is 11.6. The lowest BCUT2D eigenvalue weighted by molar-refractivity contribution is -0.120. The Morgan fingerprint density at radius 1 is 1.24 bits per heavy atom. The molecule has 0 aliphatic rings. The van der Waals surface area contributed by atoms with Crippen molar-refractivity contribution in [2.75, 3.05) is 11.9 Å². The molecule has 7 nitrogen and oxygen atoms in total. The van der Waals surface area contributed by atoms with Crippen LogP contribution in [0.4, 0.5) is 10.5 Å². The van der Waals surface area contributed by atoms with Gasteiger partial charge in [0.25, 0.3) is 0 Å². The first kappa shape index (κ1) is 17.0. The van der Waals surface area contributed by atoms with Gasteiger partial charge in [0.1, 0.15) is 0 Å². The van der Waals surface area contributed by atoms with Gasteiger partial charge >= 0.3 is 12.0 Å². The predicted molar refractivity (Wildman–Crippen MR) is 81.4 cm³/mol. The normalized spacial score (nSPS) is 10.1. The van der Waals surface area contributed by atoms with E-state index in [9.17, 15) is 14.4 Å². The highest BCUT2D eigenvalue weighted by atomic mass is 79.9. The van der Waals surface area contributed by atoms with E-state index in [4.69, 9.17) is 5.11 Å². The van der Waals surface area contributed by atoms with Gasteiger partial charge in [0, 0.05) is 16.2 Å². The van der Waals surface area contributed by atoms with Crippen molar-refractivity contribution in [2.45, 2.75) is 19.9 Å². The number of rotatable bonds is 5. The average molecular weight is 358 g/mol. The summed E-state index contributed by atoms with van der Waals surface area (Å²) in [5, 5.41) is 16.4. The molecule has 1 aromatic carbocycles. The monoisotopic (exact) mass is 357 g/mol. The molecule has 3 amide bonds. The van der Waals surface area contributed by atoms with E-state index in [-0.39, 0.29) is 24.1 Å². The van der Waals surface area contributed by atoms with Crippen molar-refractivity contribution in [3.8, 4) is 0 Å². The lowest BCUT2D eigenvalue weighted by Crippen LogP contribution is -2.41. The molecular formula is C13H16BrN3O4. The molecule has 0 radical (unpaired) electrons. The van der Waals surface area contributed by atoms with Gasteiger partial charge in [0.15, 0.2) is 0 Å². The van der Waals surface area contributed by atoms with Crippen LogP contribution in [0.25, 0.3) is 0 Å². The molecule has 1 rings (SSSR count). The molecule has 0 fully saturated rings. The highest BCUT2D eigenvalue weighted by Crippen LogP contribution is 2.19. The van der Waals surface area contributed by atoms with Gasteiger partial charge in [-0.15, -0.1) is 0 Å². The van der Waals surface area contributed by atoms with E-state index >= 15 is 0 Å². The standard InChI is InChI=1S/C13H16BrN3O4/c1-7(2)16-11(18)6-15-13(21)17-10-4-8(12(19)20)3-9(14)5-10/h3-5,7H,6H2,1-2H3,(H,16,18)(H,19,20)(H2,15,17,21).